The van der Waals surface area contributed by atoms with E-state index in [1.165, 1.54) is 51.6 Å². The second-order valence-electron chi connectivity index (χ2n) is 6.19. The Morgan fingerprint density at radius 3 is 2.84 bits per heavy atom. The fraction of sp³-hybridized carbons (Fsp3) is 1.00. The van der Waals surface area contributed by atoms with Gasteiger partial charge in [0.2, 0.25) is 0 Å². The highest BCUT2D eigenvalue weighted by Gasteiger charge is 2.29. The first-order chi connectivity index (χ1) is 9.35. The number of nitrogens with one attached hydrogen (secondary N) is 1. The number of hydrogen-bond donors (Lipinski definition) is 1. The molecule has 0 aromatic carbocycles. The largest absolute Gasteiger partial charge is 0.381 e. The Labute approximate surface area is 119 Å². The standard InChI is InChI=1S/C16H32N2O/c1-3-15-8-6-5-7-10-18(15)12-14-13-19-11-9-16(14)17-4-2/h14-17H,3-13H2,1-2H3. The zero-order valence-corrected chi connectivity index (χ0v) is 12.9. The quantitative estimate of drug-likeness (QED) is 0.829. The zero-order valence-electron chi connectivity index (χ0n) is 12.9. The van der Waals surface area contributed by atoms with Gasteiger partial charge in [0.05, 0.1) is 6.61 Å². The molecule has 0 aromatic rings. The Morgan fingerprint density at radius 2 is 2.05 bits per heavy atom. The van der Waals surface area contributed by atoms with Gasteiger partial charge in [0, 0.05) is 31.2 Å². The molecule has 2 saturated heterocycles. The van der Waals surface area contributed by atoms with E-state index in [1.54, 1.807) is 0 Å². The highest BCUT2D eigenvalue weighted by Crippen LogP contribution is 2.23. The van der Waals surface area contributed by atoms with E-state index in [0.717, 1.165) is 25.8 Å². The fourth-order valence-corrected chi connectivity index (χ4v) is 3.75. The molecule has 3 nitrogen and oxygen atoms in total. The van der Waals surface area contributed by atoms with Gasteiger partial charge in [-0.15, -0.1) is 0 Å². The van der Waals surface area contributed by atoms with Gasteiger partial charge < -0.3 is 10.1 Å². The summed E-state index contributed by atoms with van der Waals surface area (Å²) in [4.78, 5) is 2.76. The molecule has 0 aliphatic carbocycles. The highest BCUT2D eigenvalue weighted by molar-refractivity contribution is 4.84. The number of likely N-dealkylation sites (tertiary alicyclic amines) is 1. The van der Waals surface area contributed by atoms with Crippen molar-refractivity contribution in [1.82, 2.24) is 10.2 Å². The Balaban J connectivity index is 1.91. The van der Waals surface area contributed by atoms with E-state index in [-0.39, 0.29) is 0 Å². The average Bonchev–Trinajstić information content (AvgIpc) is 2.66. The number of ether oxygens (including phenoxy) is 1. The van der Waals surface area contributed by atoms with E-state index in [9.17, 15) is 0 Å². The van der Waals surface area contributed by atoms with Crippen LogP contribution < -0.4 is 5.32 Å². The van der Waals surface area contributed by atoms with Gasteiger partial charge in [-0.3, -0.25) is 4.90 Å². The van der Waals surface area contributed by atoms with Gasteiger partial charge in [0.15, 0.2) is 0 Å². The van der Waals surface area contributed by atoms with Gasteiger partial charge in [-0.1, -0.05) is 26.7 Å². The first-order valence-electron chi connectivity index (χ1n) is 8.40. The molecule has 2 rings (SSSR count). The van der Waals surface area contributed by atoms with Crippen LogP contribution in [0.2, 0.25) is 0 Å². The van der Waals surface area contributed by atoms with Crippen LogP contribution >= 0.6 is 0 Å². The summed E-state index contributed by atoms with van der Waals surface area (Å²) in [5.41, 5.74) is 0. The fourth-order valence-electron chi connectivity index (χ4n) is 3.75. The third kappa shape index (κ3) is 4.44. The van der Waals surface area contributed by atoms with E-state index in [0.29, 0.717) is 12.0 Å². The lowest BCUT2D eigenvalue weighted by atomic mass is 9.94. The zero-order chi connectivity index (χ0) is 13.5. The lowest BCUT2D eigenvalue weighted by molar-refractivity contribution is 0.0103. The minimum Gasteiger partial charge on any atom is -0.381 e. The van der Waals surface area contributed by atoms with Crippen molar-refractivity contribution in [3.05, 3.63) is 0 Å². The lowest BCUT2D eigenvalue weighted by Gasteiger charge is -2.38. The molecule has 2 aliphatic heterocycles. The smallest absolute Gasteiger partial charge is 0.0521 e. The van der Waals surface area contributed by atoms with Crippen molar-refractivity contribution in [2.75, 3.05) is 32.8 Å². The van der Waals surface area contributed by atoms with Crippen molar-refractivity contribution in [1.29, 1.82) is 0 Å². The van der Waals surface area contributed by atoms with Crippen LogP contribution in [0.1, 0.15) is 52.4 Å². The Bertz CT molecular complexity index is 245. The van der Waals surface area contributed by atoms with Crippen LogP contribution in [0.5, 0.6) is 0 Å². The topological polar surface area (TPSA) is 24.5 Å². The third-order valence-electron chi connectivity index (χ3n) is 4.88. The van der Waals surface area contributed by atoms with Crippen molar-refractivity contribution in [2.45, 2.75) is 64.5 Å². The summed E-state index contributed by atoms with van der Waals surface area (Å²) in [7, 11) is 0. The van der Waals surface area contributed by atoms with Crippen molar-refractivity contribution in [3.8, 4) is 0 Å². The summed E-state index contributed by atoms with van der Waals surface area (Å²) in [6, 6.07) is 1.48. The van der Waals surface area contributed by atoms with Crippen molar-refractivity contribution in [2.24, 2.45) is 5.92 Å². The molecule has 0 radical (unpaired) electrons. The molecule has 2 aliphatic rings. The van der Waals surface area contributed by atoms with E-state index in [4.69, 9.17) is 4.74 Å². The Morgan fingerprint density at radius 1 is 1.16 bits per heavy atom. The van der Waals surface area contributed by atoms with Crippen LogP contribution in [0.25, 0.3) is 0 Å². The molecule has 0 aromatic heterocycles. The molecular weight excluding hydrogens is 236 g/mol. The second kappa shape index (κ2) is 8.23. The summed E-state index contributed by atoms with van der Waals surface area (Å²) >= 11 is 0. The van der Waals surface area contributed by atoms with Crippen molar-refractivity contribution in [3.63, 3.8) is 0 Å². The van der Waals surface area contributed by atoms with E-state index in [1.807, 2.05) is 0 Å². The number of rotatable bonds is 5. The Kier molecular flexibility index (Phi) is 6.62. The maximum Gasteiger partial charge on any atom is 0.0521 e. The van der Waals surface area contributed by atoms with Crippen LogP contribution in [0.3, 0.4) is 0 Å². The monoisotopic (exact) mass is 268 g/mol. The summed E-state index contributed by atoms with van der Waals surface area (Å²) < 4.78 is 5.73. The number of nitrogens with zero attached hydrogens (tertiary/aromatic N) is 1. The molecule has 3 unspecified atom stereocenters. The Hall–Kier alpha value is -0.120. The summed E-state index contributed by atoms with van der Waals surface area (Å²) in [6.07, 6.45) is 8.12. The molecule has 0 spiro atoms. The highest BCUT2D eigenvalue weighted by atomic mass is 16.5. The van der Waals surface area contributed by atoms with Crippen LogP contribution in [0.4, 0.5) is 0 Å². The van der Waals surface area contributed by atoms with E-state index in [2.05, 4.69) is 24.1 Å². The van der Waals surface area contributed by atoms with Gasteiger partial charge >= 0.3 is 0 Å². The minimum absolute atomic E-state index is 0.666. The van der Waals surface area contributed by atoms with Gasteiger partial charge in [0.25, 0.3) is 0 Å². The molecule has 0 saturated carbocycles. The maximum atomic E-state index is 5.73. The number of hydrogen-bond acceptors (Lipinski definition) is 3. The lowest BCUT2D eigenvalue weighted by Crippen LogP contribution is -2.49. The van der Waals surface area contributed by atoms with Gasteiger partial charge in [0.1, 0.15) is 0 Å². The molecule has 112 valence electrons. The van der Waals surface area contributed by atoms with Gasteiger partial charge in [-0.05, 0) is 38.8 Å². The molecule has 3 atom stereocenters. The van der Waals surface area contributed by atoms with Crippen LogP contribution in [-0.2, 0) is 4.74 Å². The molecule has 0 amide bonds. The molecule has 0 bridgehead atoms. The van der Waals surface area contributed by atoms with Crippen molar-refractivity contribution < 1.29 is 4.74 Å². The first-order valence-corrected chi connectivity index (χ1v) is 8.40. The summed E-state index contributed by atoms with van der Waals surface area (Å²) in [5, 5.41) is 3.67. The predicted molar refractivity (Wildman–Crippen MR) is 80.5 cm³/mol. The molecule has 2 heterocycles. The first kappa shape index (κ1) is 15.3. The SMILES string of the molecule is CCNC1CCOCC1CN1CCCCCC1CC. The third-order valence-corrected chi connectivity index (χ3v) is 4.88. The molecule has 19 heavy (non-hydrogen) atoms. The summed E-state index contributed by atoms with van der Waals surface area (Å²) in [6.45, 7) is 10.1. The minimum atomic E-state index is 0.666. The van der Waals surface area contributed by atoms with Crippen LogP contribution in [0.15, 0.2) is 0 Å². The van der Waals surface area contributed by atoms with E-state index < -0.39 is 0 Å². The van der Waals surface area contributed by atoms with Crippen LogP contribution in [-0.4, -0.2) is 49.8 Å². The summed E-state index contributed by atoms with van der Waals surface area (Å²) in [5.74, 6) is 0.681. The van der Waals surface area contributed by atoms with Crippen LogP contribution in [0, 0.1) is 5.92 Å². The molecular formula is C16H32N2O. The normalized spacial score (nSPS) is 34.1. The van der Waals surface area contributed by atoms with E-state index >= 15 is 0 Å². The predicted octanol–water partition coefficient (Wildman–Crippen LogP) is 2.66. The second-order valence-corrected chi connectivity index (χ2v) is 6.19. The average molecular weight is 268 g/mol. The molecule has 2 fully saturated rings. The molecule has 1 N–H and O–H groups in total. The maximum absolute atomic E-state index is 5.73. The van der Waals surface area contributed by atoms with Gasteiger partial charge in [-0.25, -0.2) is 0 Å². The van der Waals surface area contributed by atoms with Crippen molar-refractivity contribution >= 4 is 0 Å². The van der Waals surface area contributed by atoms with Gasteiger partial charge in [-0.2, -0.15) is 0 Å². The molecule has 3 heteroatoms.